The van der Waals surface area contributed by atoms with Crippen molar-refractivity contribution in [2.24, 2.45) is 0 Å². The van der Waals surface area contributed by atoms with Crippen molar-refractivity contribution in [1.82, 2.24) is 9.78 Å². The minimum absolute atomic E-state index is 0.224. The first-order chi connectivity index (χ1) is 7.10. The molecule has 0 aliphatic carbocycles. The van der Waals surface area contributed by atoms with Gasteiger partial charge in [0, 0.05) is 11.9 Å². The van der Waals surface area contributed by atoms with Crippen molar-refractivity contribution in [3.8, 4) is 0 Å². The fraction of sp³-hybridized carbons (Fsp3) is 0.727. The van der Waals surface area contributed by atoms with Crippen molar-refractivity contribution in [3.63, 3.8) is 0 Å². The van der Waals surface area contributed by atoms with Gasteiger partial charge in [-0.25, -0.2) is 0 Å². The number of aromatic nitrogens is 2. The molecular weight excluding hydrogens is 275 g/mol. The van der Waals surface area contributed by atoms with Crippen LogP contribution in [-0.2, 0) is 19.4 Å². The van der Waals surface area contributed by atoms with Crippen LogP contribution in [0.15, 0.2) is 4.47 Å². The predicted molar refractivity (Wildman–Crippen MR) is 68.6 cm³/mol. The van der Waals surface area contributed by atoms with E-state index in [0.29, 0.717) is 0 Å². The normalized spacial score (nSPS) is 13.1. The van der Waals surface area contributed by atoms with Crippen LogP contribution in [0.25, 0.3) is 0 Å². The SMILES string of the molecule is CCc1nn(CC)c(CCC(C)Cl)c1Br. The lowest BCUT2D eigenvalue weighted by molar-refractivity contribution is 0.601. The highest BCUT2D eigenvalue weighted by atomic mass is 79.9. The molecule has 1 atom stereocenters. The second-order valence-corrected chi connectivity index (χ2v) is 5.23. The fourth-order valence-electron chi connectivity index (χ4n) is 1.59. The summed E-state index contributed by atoms with van der Waals surface area (Å²) in [6.07, 6.45) is 2.96. The van der Waals surface area contributed by atoms with E-state index in [4.69, 9.17) is 11.6 Å². The van der Waals surface area contributed by atoms with Crippen LogP contribution < -0.4 is 0 Å². The van der Waals surface area contributed by atoms with Gasteiger partial charge in [-0.05, 0) is 49.0 Å². The lowest BCUT2D eigenvalue weighted by atomic mass is 10.2. The van der Waals surface area contributed by atoms with Crippen molar-refractivity contribution >= 4 is 27.5 Å². The molecule has 1 aromatic heterocycles. The summed E-state index contributed by atoms with van der Waals surface area (Å²) < 4.78 is 3.24. The van der Waals surface area contributed by atoms with E-state index in [1.165, 1.54) is 10.2 Å². The minimum atomic E-state index is 0.224. The average Bonchev–Trinajstić information content (AvgIpc) is 2.51. The van der Waals surface area contributed by atoms with Crippen LogP contribution in [0.2, 0.25) is 0 Å². The van der Waals surface area contributed by atoms with E-state index in [1.807, 2.05) is 6.92 Å². The van der Waals surface area contributed by atoms with Gasteiger partial charge >= 0.3 is 0 Å². The molecule has 1 unspecified atom stereocenters. The molecule has 0 radical (unpaired) electrons. The third-order valence-electron chi connectivity index (χ3n) is 2.47. The molecule has 0 aromatic carbocycles. The highest BCUT2D eigenvalue weighted by Gasteiger charge is 2.13. The van der Waals surface area contributed by atoms with Gasteiger partial charge in [-0.1, -0.05) is 6.92 Å². The molecule has 0 fully saturated rings. The fourth-order valence-corrected chi connectivity index (χ4v) is 2.46. The molecule has 0 spiro atoms. The van der Waals surface area contributed by atoms with E-state index < -0.39 is 0 Å². The zero-order valence-electron chi connectivity index (χ0n) is 9.56. The molecule has 1 rings (SSSR count). The minimum Gasteiger partial charge on any atom is -0.268 e. The Labute approximate surface area is 105 Å². The Morgan fingerprint density at radius 1 is 1.47 bits per heavy atom. The number of alkyl halides is 1. The lowest BCUT2D eigenvalue weighted by Crippen LogP contribution is -2.05. The first-order valence-corrected chi connectivity index (χ1v) is 6.71. The first kappa shape index (κ1) is 13.0. The zero-order chi connectivity index (χ0) is 11.4. The maximum absolute atomic E-state index is 5.97. The van der Waals surface area contributed by atoms with Crippen LogP contribution in [0.1, 0.15) is 38.6 Å². The van der Waals surface area contributed by atoms with Gasteiger partial charge in [-0.3, -0.25) is 4.68 Å². The summed E-state index contributed by atoms with van der Waals surface area (Å²) in [5, 5.41) is 4.78. The standard InChI is InChI=1S/C11H18BrClN2/c1-4-9-11(12)10(7-6-8(3)13)15(5-2)14-9/h8H,4-7H2,1-3H3. The molecular formula is C11H18BrClN2. The topological polar surface area (TPSA) is 17.8 Å². The molecule has 1 aromatic rings. The van der Waals surface area contributed by atoms with Gasteiger partial charge in [0.2, 0.25) is 0 Å². The van der Waals surface area contributed by atoms with E-state index >= 15 is 0 Å². The predicted octanol–water partition coefficient (Wildman–Crippen LogP) is 3.79. The van der Waals surface area contributed by atoms with Gasteiger partial charge in [0.25, 0.3) is 0 Å². The third kappa shape index (κ3) is 3.22. The number of nitrogens with zero attached hydrogens (tertiary/aromatic N) is 2. The summed E-state index contributed by atoms with van der Waals surface area (Å²) in [5.74, 6) is 0. The van der Waals surface area contributed by atoms with E-state index in [-0.39, 0.29) is 5.38 Å². The van der Waals surface area contributed by atoms with E-state index in [9.17, 15) is 0 Å². The molecule has 2 nitrogen and oxygen atoms in total. The molecule has 15 heavy (non-hydrogen) atoms. The molecule has 0 amide bonds. The summed E-state index contributed by atoms with van der Waals surface area (Å²) in [6.45, 7) is 7.20. The van der Waals surface area contributed by atoms with Crippen molar-refractivity contribution in [3.05, 3.63) is 15.9 Å². The van der Waals surface area contributed by atoms with Crippen LogP contribution in [0.5, 0.6) is 0 Å². The van der Waals surface area contributed by atoms with Gasteiger partial charge < -0.3 is 0 Å². The molecule has 0 N–H and O–H groups in total. The second-order valence-electron chi connectivity index (χ2n) is 3.70. The number of halogens is 2. The van der Waals surface area contributed by atoms with E-state index in [0.717, 1.165) is 31.5 Å². The van der Waals surface area contributed by atoms with E-state index in [2.05, 4.69) is 39.6 Å². The zero-order valence-corrected chi connectivity index (χ0v) is 11.9. The smallest absolute Gasteiger partial charge is 0.0766 e. The molecule has 0 aliphatic heterocycles. The quantitative estimate of drug-likeness (QED) is 0.755. The molecule has 1 heterocycles. The summed E-state index contributed by atoms with van der Waals surface area (Å²) in [6, 6.07) is 0. The summed E-state index contributed by atoms with van der Waals surface area (Å²) in [4.78, 5) is 0. The van der Waals surface area contributed by atoms with Crippen LogP contribution in [0.4, 0.5) is 0 Å². The molecule has 86 valence electrons. The summed E-state index contributed by atoms with van der Waals surface area (Å²) in [5.41, 5.74) is 2.43. The van der Waals surface area contributed by atoms with Crippen molar-refractivity contribution in [2.45, 2.75) is 52.0 Å². The molecule has 0 saturated carbocycles. The Kier molecular flexibility index (Phi) is 5.13. The molecule has 0 bridgehead atoms. The van der Waals surface area contributed by atoms with Crippen LogP contribution in [-0.4, -0.2) is 15.2 Å². The number of hydrogen-bond acceptors (Lipinski definition) is 1. The van der Waals surface area contributed by atoms with Crippen LogP contribution >= 0.6 is 27.5 Å². The summed E-state index contributed by atoms with van der Waals surface area (Å²) in [7, 11) is 0. The highest BCUT2D eigenvalue weighted by Crippen LogP contribution is 2.24. The molecule has 4 heteroatoms. The average molecular weight is 294 g/mol. The Hall–Kier alpha value is -0.0200. The lowest BCUT2D eigenvalue weighted by Gasteiger charge is -2.06. The Morgan fingerprint density at radius 2 is 2.13 bits per heavy atom. The molecule has 0 saturated heterocycles. The Bertz CT molecular complexity index is 321. The Morgan fingerprint density at radius 3 is 2.60 bits per heavy atom. The van der Waals surface area contributed by atoms with Gasteiger partial charge in [0.05, 0.1) is 15.9 Å². The number of aryl methyl sites for hydroxylation is 2. The van der Waals surface area contributed by atoms with E-state index in [1.54, 1.807) is 0 Å². The van der Waals surface area contributed by atoms with Crippen molar-refractivity contribution in [2.75, 3.05) is 0 Å². The number of hydrogen-bond donors (Lipinski definition) is 0. The van der Waals surface area contributed by atoms with Gasteiger partial charge in [-0.2, -0.15) is 5.10 Å². The Balaban J connectivity index is 2.88. The van der Waals surface area contributed by atoms with Gasteiger partial charge in [0.1, 0.15) is 0 Å². The van der Waals surface area contributed by atoms with Crippen LogP contribution in [0, 0.1) is 0 Å². The van der Waals surface area contributed by atoms with Crippen molar-refractivity contribution in [1.29, 1.82) is 0 Å². The molecule has 0 aliphatic rings. The maximum atomic E-state index is 5.97. The largest absolute Gasteiger partial charge is 0.268 e. The van der Waals surface area contributed by atoms with Gasteiger partial charge in [0.15, 0.2) is 0 Å². The van der Waals surface area contributed by atoms with Gasteiger partial charge in [-0.15, -0.1) is 11.6 Å². The second kappa shape index (κ2) is 5.90. The van der Waals surface area contributed by atoms with Crippen LogP contribution in [0.3, 0.4) is 0 Å². The first-order valence-electron chi connectivity index (χ1n) is 5.48. The highest BCUT2D eigenvalue weighted by molar-refractivity contribution is 9.10. The maximum Gasteiger partial charge on any atom is 0.0766 e. The summed E-state index contributed by atoms with van der Waals surface area (Å²) >= 11 is 9.60. The number of rotatable bonds is 5. The third-order valence-corrected chi connectivity index (χ3v) is 3.61. The van der Waals surface area contributed by atoms with Crippen molar-refractivity contribution < 1.29 is 0 Å². The monoisotopic (exact) mass is 292 g/mol.